The lowest BCUT2D eigenvalue weighted by molar-refractivity contribution is -0.438. The van der Waals surface area contributed by atoms with Gasteiger partial charge < -0.3 is 38.6 Å². The van der Waals surface area contributed by atoms with Crippen molar-refractivity contribution in [1.82, 2.24) is 0 Å². The third kappa shape index (κ3) is 8.37. The lowest BCUT2D eigenvalue weighted by Gasteiger charge is -2.61. The predicted molar refractivity (Wildman–Crippen MR) is 241 cm³/mol. The summed E-state index contributed by atoms with van der Waals surface area (Å²) in [5, 5.41) is 26.4. The third-order valence-corrected chi connectivity index (χ3v) is 17.1. The van der Waals surface area contributed by atoms with Gasteiger partial charge in [0.2, 0.25) is 0 Å². The fourth-order valence-electron chi connectivity index (χ4n) is 13.8. The largest absolute Gasteiger partial charge is 0.462 e. The van der Waals surface area contributed by atoms with Crippen molar-refractivity contribution in [3.05, 3.63) is 48.0 Å². The molecule has 4 aliphatic heterocycles. The Kier molecular flexibility index (Phi) is 14.6. The summed E-state index contributed by atoms with van der Waals surface area (Å²) in [7, 11) is 0. The van der Waals surface area contributed by atoms with Crippen LogP contribution in [0.2, 0.25) is 0 Å². The zero-order valence-electron chi connectivity index (χ0n) is 39.3. The van der Waals surface area contributed by atoms with E-state index in [4.69, 9.17) is 28.4 Å². The van der Waals surface area contributed by atoms with Gasteiger partial charge in [-0.2, -0.15) is 0 Å². The van der Waals surface area contributed by atoms with Crippen LogP contribution in [0.3, 0.4) is 0 Å². The van der Waals surface area contributed by atoms with Gasteiger partial charge in [-0.25, -0.2) is 4.79 Å². The van der Waals surface area contributed by atoms with E-state index in [1.807, 2.05) is 19.9 Å². The van der Waals surface area contributed by atoms with Gasteiger partial charge in [-0.1, -0.05) is 155 Å². The fourth-order valence-corrected chi connectivity index (χ4v) is 13.8. The number of carbonyl (C=O) groups excluding carboxylic acids is 3. The molecule has 1 aromatic rings. The summed E-state index contributed by atoms with van der Waals surface area (Å²) < 4.78 is 40.8. The molecule has 14 atom stereocenters. The Labute approximate surface area is 382 Å². The second kappa shape index (κ2) is 19.5. The number of aliphatic hydroxyl groups excluding tert-OH is 1. The van der Waals surface area contributed by atoms with Crippen LogP contribution in [0.5, 0.6) is 0 Å². The SMILES string of the molecule is C=C(C)[C@]12C[C@H](COC(=O)c3ccccc3)[C@@]34O[C@@]5(CCCCCCC[C@@H](C)[C@H]6[C@H](C)C(=O)[C@@](O)([C@H](O)[C@@]7(COC(=O)CCCCCCCCCCCCCCC)O[C@H]7[C@H]3[C@H]1O5)[C@@H]64)O2. The van der Waals surface area contributed by atoms with Crippen LogP contribution in [-0.2, 0) is 38.0 Å². The molecule has 8 rings (SSSR count). The molecule has 0 unspecified atom stereocenters. The molecule has 11 heteroatoms. The Balaban J connectivity index is 1.07. The second-order valence-electron chi connectivity index (χ2n) is 21.2. The number of Topliss-reactive ketones (excluding diaryl/α,β-unsaturated/α-hetero) is 1. The van der Waals surface area contributed by atoms with Gasteiger partial charge >= 0.3 is 11.9 Å². The van der Waals surface area contributed by atoms with E-state index in [-0.39, 0.29) is 32.0 Å². The molecule has 3 saturated carbocycles. The van der Waals surface area contributed by atoms with Gasteiger partial charge in [-0.05, 0) is 55.7 Å². The van der Waals surface area contributed by atoms with E-state index in [2.05, 4.69) is 20.4 Å². The lowest BCUT2D eigenvalue weighted by atomic mass is 9.51. The molecule has 7 aliphatic rings. The fraction of sp³-hybridized carbons (Fsp3) is 0.792. The highest BCUT2D eigenvalue weighted by atomic mass is 16.9. The van der Waals surface area contributed by atoms with E-state index in [0.717, 1.165) is 63.4 Å². The molecule has 356 valence electrons. The van der Waals surface area contributed by atoms with Gasteiger partial charge in [0.15, 0.2) is 17.0 Å². The number of ether oxygens (including phenoxy) is 6. The minimum Gasteiger partial charge on any atom is -0.462 e. The molecule has 1 aromatic carbocycles. The molecular weight excluding hydrogens is 813 g/mol. The summed E-state index contributed by atoms with van der Waals surface area (Å²) >= 11 is 0. The van der Waals surface area contributed by atoms with Gasteiger partial charge in [0, 0.05) is 36.5 Å². The number of carbonyl (C=O) groups is 3. The average molecular weight is 891 g/mol. The standard InChI is InChI=1S/C53H78O11/c1-6-7-8-9-10-11-12-13-14-15-16-19-25-30-40(54)60-34-50-46(61-50)42-45-49(35(2)3)32-39(33-59-47(56)38-28-23-21-24-29-38)53(42)43-41(37(5)44(55)52(43,58)48(50)57)36(4)27-22-18-17-20-26-31-51(62-45,63-49)64-53/h21,23-24,28-29,36-37,39,41-43,45-46,48,57-58H,2,6-20,22,25-27,30-34H2,1,3-5H3/t36-,37+,39-,41+,42-,43-,45-,46+,48-,49-,50+,51-,52-,53-/m1/s1. The zero-order valence-corrected chi connectivity index (χ0v) is 39.3. The van der Waals surface area contributed by atoms with E-state index >= 15 is 4.79 Å². The molecule has 3 bridgehead atoms. The summed E-state index contributed by atoms with van der Waals surface area (Å²) in [5.41, 5.74) is -5.39. The highest BCUT2D eigenvalue weighted by Gasteiger charge is 2.90. The van der Waals surface area contributed by atoms with Crippen LogP contribution in [-0.4, -0.2) is 87.8 Å². The Hall–Kier alpha value is -2.67. The number of rotatable bonds is 20. The zero-order chi connectivity index (χ0) is 45.3. The molecule has 0 amide bonds. The maximum Gasteiger partial charge on any atom is 0.338 e. The van der Waals surface area contributed by atoms with Crippen LogP contribution in [0, 0.1) is 35.5 Å². The monoisotopic (exact) mass is 891 g/mol. The molecule has 11 nitrogen and oxygen atoms in total. The number of esters is 2. The Morgan fingerprint density at radius 3 is 2.14 bits per heavy atom. The van der Waals surface area contributed by atoms with Crippen LogP contribution in [0.4, 0.5) is 0 Å². The van der Waals surface area contributed by atoms with Crippen LogP contribution >= 0.6 is 0 Å². The van der Waals surface area contributed by atoms with Crippen LogP contribution in [0.25, 0.3) is 0 Å². The van der Waals surface area contributed by atoms with Gasteiger partial charge in [-0.15, -0.1) is 0 Å². The number of hydrogen-bond donors (Lipinski definition) is 2. The Bertz CT molecular complexity index is 1820. The number of unbranched alkanes of at least 4 members (excludes halogenated alkanes) is 12. The van der Waals surface area contributed by atoms with E-state index in [0.29, 0.717) is 18.4 Å². The minimum atomic E-state index is -2.35. The van der Waals surface area contributed by atoms with Gasteiger partial charge in [0.1, 0.15) is 30.5 Å². The van der Waals surface area contributed by atoms with Gasteiger partial charge in [0.05, 0.1) is 17.8 Å². The number of benzene rings is 1. The maximum absolute atomic E-state index is 15.1. The summed E-state index contributed by atoms with van der Waals surface area (Å²) in [6, 6.07) is 8.82. The molecule has 3 aliphatic carbocycles. The number of ketones is 1. The van der Waals surface area contributed by atoms with E-state index in [1.54, 1.807) is 24.3 Å². The Morgan fingerprint density at radius 1 is 0.828 bits per heavy atom. The average Bonchev–Trinajstić information content (AvgIpc) is 3.92. The number of aliphatic hydroxyl groups is 2. The molecule has 2 N–H and O–H groups in total. The third-order valence-electron chi connectivity index (χ3n) is 17.1. The van der Waals surface area contributed by atoms with Gasteiger partial charge in [-0.3, -0.25) is 9.59 Å². The molecule has 7 fully saturated rings. The van der Waals surface area contributed by atoms with E-state index in [1.165, 1.54) is 57.8 Å². The summed E-state index contributed by atoms with van der Waals surface area (Å²) in [5.74, 6) is -6.32. The predicted octanol–water partition coefficient (Wildman–Crippen LogP) is 9.73. The van der Waals surface area contributed by atoms with Crippen molar-refractivity contribution < 1.29 is 53.0 Å². The first-order valence-electron chi connectivity index (χ1n) is 25.6. The first-order chi connectivity index (χ1) is 30.8. The maximum atomic E-state index is 15.1. The summed E-state index contributed by atoms with van der Waals surface area (Å²) in [6.07, 6.45) is 18.8. The van der Waals surface area contributed by atoms with Crippen molar-refractivity contribution in [3.63, 3.8) is 0 Å². The molecule has 0 radical (unpaired) electrons. The first-order valence-corrected chi connectivity index (χ1v) is 25.6. The normalized spacial score (nSPS) is 40.7. The van der Waals surface area contributed by atoms with Crippen molar-refractivity contribution >= 4 is 17.7 Å². The molecule has 4 saturated heterocycles. The molecule has 4 heterocycles. The molecular formula is C53H78O11. The van der Waals surface area contributed by atoms with Gasteiger partial charge in [0.25, 0.3) is 5.97 Å². The lowest BCUT2D eigenvalue weighted by Crippen LogP contribution is -2.74. The van der Waals surface area contributed by atoms with Crippen molar-refractivity contribution in [2.75, 3.05) is 13.2 Å². The number of epoxide rings is 1. The van der Waals surface area contributed by atoms with Crippen molar-refractivity contribution in [2.24, 2.45) is 35.5 Å². The minimum absolute atomic E-state index is 0.0355. The Morgan fingerprint density at radius 2 is 1.47 bits per heavy atom. The number of hydrogen-bond acceptors (Lipinski definition) is 11. The highest BCUT2D eigenvalue weighted by Crippen LogP contribution is 2.75. The summed E-state index contributed by atoms with van der Waals surface area (Å²) in [4.78, 5) is 42.3. The van der Waals surface area contributed by atoms with E-state index in [9.17, 15) is 19.8 Å². The van der Waals surface area contributed by atoms with Crippen molar-refractivity contribution in [2.45, 2.75) is 216 Å². The molecule has 2 spiro atoms. The molecule has 64 heavy (non-hydrogen) atoms. The van der Waals surface area contributed by atoms with Crippen molar-refractivity contribution in [3.8, 4) is 0 Å². The van der Waals surface area contributed by atoms with Crippen LogP contribution in [0.15, 0.2) is 42.5 Å². The van der Waals surface area contributed by atoms with Crippen molar-refractivity contribution in [1.29, 1.82) is 0 Å². The van der Waals surface area contributed by atoms with Crippen LogP contribution < -0.4 is 0 Å². The van der Waals surface area contributed by atoms with E-state index < -0.39 is 94.0 Å². The highest BCUT2D eigenvalue weighted by molar-refractivity contribution is 5.94. The number of fused-ring (bicyclic) bond motifs is 1. The van der Waals surface area contributed by atoms with Crippen LogP contribution in [0.1, 0.15) is 179 Å². The molecule has 0 aromatic heterocycles. The quantitative estimate of drug-likeness (QED) is 0.0558. The first kappa shape index (κ1) is 47.8. The topological polar surface area (TPSA) is 150 Å². The summed E-state index contributed by atoms with van der Waals surface area (Å²) in [6.45, 7) is 12.2. The smallest absolute Gasteiger partial charge is 0.338 e. The second-order valence-corrected chi connectivity index (χ2v) is 21.2.